The van der Waals surface area contributed by atoms with Crippen molar-refractivity contribution in [2.75, 3.05) is 18.5 Å². The molecule has 0 aliphatic carbocycles. The molecule has 4 rings (SSSR count). The Kier molecular flexibility index (Phi) is 5.32. The molecule has 2 aliphatic rings. The maximum Gasteiger partial charge on any atom is 0.553 e. The number of nitrogens with zero attached hydrogens (tertiary/aromatic N) is 3. The minimum absolute atomic E-state index is 0.214. The van der Waals surface area contributed by atoms with Gasteiger partial charge in [0, 0.05) is 28.5 Å². The molecule has 1 amide bonds. The molecule has 0 radical (unpaired) electrons. The Balaban J connectivity index is 1.65. The molecule has 0 saturated carbocycles. The molecule has 0 spiro atoms. The summed E-state index contributed by atoms with van der Waals surface area (Å²) < 4.78 is 13.1. The first-order valence-electron chi connectivity index (χ1n) is 8.96. The molecule has 4 N–H and O–H groups in total. The van der Waals surface area contributed by atoms with E-state index in [1.165, 1.54) is 5.98 Å². The lowest BCUT2D eigenvalue weighted by Gasteiger charge is -2.26. The fourth-order valence-electron chi connectivity index (χ4n) is 3.38. The van der Waals surface area contributed by atoms with Crippen LogP contribution in [0.2, 0.25) is 0 Å². The summed E-state index contributed by atoms with van der Waals surface area (Å²) in [5, 5.41) is 26.6. The highest BCUT2D eigenvalue weighted by Gasteiger charge is 2.30. The highest BCUT2D eigenvalue weighted by atomic mass is 79.9. The number of ether oxygens (including phenoxy) is 1. The summed E-state index contributed by atoms with van der Waals surface area (Å²) in [6.07, 6.45) is 2.15. The second kappa shape index (κ2) is 7.90. The van der Waals surface area contributed by atoms with Crippen molar-refractivity contribution in [2.24, 2.45) is 11.7 Å². The van der Waals surface area contributed by atoms with Crippen molar-refractivity contribution in [3.8, 4) is 11.8 Å². The van der Waals surface area contributed by atoms with E-state index in [1.807, 2.05) is 0 Å². The number of hydrogen-bond acceptors (Lipinski definition) is 7. The van der Waals surface area contributed by atoms with E-state index < -0.39 is 13.0 Å². The van der Waals surface area contributed by atoms with Crippen LogP contribution < -0.4 is 15.7 Å². The van der Waals surface area contributed by atoms with Gasteiger partial charge in [0.25, 0.3) is 5.91 Å². The summed E-state index contributed by atoms with van der Waals surface area (Å²) >= 11 is 3.41. The molecule has 148 valence electrons. The Morgan fingerprint density at radius 1 is 1.52 bits per heavy atom. The molecule has 11 heteroatoms. The van der Waals surface area contributed by atoms with Crippen LogP contribution in [-0.4, -0.2) is 41.0 Å². The number of fused-ring (bicyclic) bond motifs is 1. The summed E-state index contributed by atoms with van der Waals surface area (Å²) in [6.45, 7) is 0.867. The number of halogens is 1. The van der Waals surface area contributed by atoms with E-state index in [-0.39, 0.29) is 23.3 Å². The smallest absolute Gasteiger partial charge is 0.532 e. The van der Waals surface area contributed by atoms with Gasteiger partial charge >= 0.3 is 7.12 Å². The van der Waals surface area contributed by atoms with Crippen LogP contribution in [0.25, 0.3) is 4.48 Å². The van der Waals surface area contributed by atoms with Gasteiger partial charge in [0.15, 0.2) is 5.82 Å². The number of aromatic nitrogens is 2. The number of rotatable bonds is 4. The molecule has 29 heavy (non-hydrogen) atoms. The molecule has 1 fully saturated rings. The summed E-state index contributed by atoms with van der Waals surface area (Å²) in [7, 11) is -1.02. The number of hydrogen-bond donors (Lipinski definition) is 3. The largest absolute Gasteiger partial charge is 0.553 e. The first-order chi connectivity index (χ1) is 14.0. The summed E-state index contributed by atoms with van der Waals surface area (Å²) in [5.41, 5.74) is 7.14. The van der Waals surface area contributed by atoms with E-state index in [9.17, 15) is 15.1 Å². The van der Waals surface area contributed by atoms with Crippen LogP contribution in [0.5, 0.6) is 5.75 Å². The Morgan fingerprint density at radius 3 is 3.10 bits per heavy atom. The number of carbonyl (C=O) groups is 1. The van der Waals surface area contributed by atoms with Crippen molar-refractivity contribution < 1.29 is 19.2 Å². The number of carbonyl (C=O) groups excluding carboxylic acids is 1. The number of nitrogens with one attached hydrogen (secondary N) is 1. The molecule has 2 atom stereocenters. The normalized spacial score (nSPS) is 20.9. The van der Waals surface area contributed by atoms with Crippen LogP contribution in [0.4, 0.5) is 11.5 Å². The second-order valence-electron chi connectivity index (χ2n) is 6.76. The van der Waals surface area contributed by atoms with Gasteiger partial charge in [0.05, 0.1) is 24.6 Å². The van der Waals surface area contributed by atoms with Crippen LogP contribution in [0.1, 0.15) is 28.4 Å². The Bertz CT molecular complexity index is 1030. The van der Waals surface area contributed by atoms with E-state index in [4.69, 9.17) is 15.1 Å². The van der Waals surface area contributed by atoms with Gasteiger partial charge in [-0.05, 0) is 30.6 Å². The average Bonchev–Trinajstić information content (AvgIpc) is 3.12. The van der Waals surface area contributed by atoms with Gasteiger partial charge in [-0.15, -0.1) is 0 Å². The van der Waals surface area contributed by atoms with E-state index >= 15 is 0 Å². The minimum atomic E-state index is -1.02. The van der Waals surface area contributed by atoms with Crippen LogP contribution >= 0.6 is 15.9 Å². The minimum Gasteiger partial charge on any atom is -0.532 e. The lowest BCUT2D eigenvalue weighted by atomic mass is 9.86. The van der Waals surface area contributed by atoms with Crippen molar-refractivity contribution in [2.45, 2.75) is 12.5 Å². The lowest BCUT2D eigenvalue weighted by Crippen LogP contribution is -2.29. The molecular weight excluding hydrogens is 441 g/mol. The van der Waals surface area contributed by atoms with Gasteiger partial charge in [0.1, 0.15) is 11.3 Å². The maximum atomic E-state index is 11.9. The van der Waals surface area contributed by atoms with E-state index in [0.29, 0.717) is 35.6 Å². The molecule has 0 bridgehead atoms. The zero-order chi connectivity index (χ0) is 20.5. The fraction of sp³-hybridized carbons (Fsp3) is 0.278. The second-order valence-corrected chi connectivity index (χ2v) is 7.62. The monoisotopic (exact) mass is 457 g/mol. The van der Waals surface area contributed by atoms with Gasteiger partial charge in [-0.25, -0.2) is 0 Å². The number of nitriles is 1. The van der Waals surface area contributed by atoms with Gasteiger partial charge in [0.2, 0.25) is 0 Å². The third kappa shape index (κ3) is 3.87. The SMILES string of the molecule is N#C[C@@H]1CCOCC1n1cc(C(N)=O)c(Nc2ccc3c(c2)C(Br)=CB(O)O3)n1. The maximum absolute atomic E-state index is 11.9. The van der Waals surface area contributed by atoms with Crippen molar-refractivity contribution in [3.05, 3.63) is 41.5 Å². The van der Waals surface area contributed by atoms with Crippen molar-refractivity contribution in [1.82, 2.24) is 9.78 Å². The highest BCUT2D eigenvalue weighted by Crippen LogP contribution is 2.37. The third-order valence-corrected chi connectivity index (χ3v) is 5.56. The zero-order valence-electron chi connectivity index (χ0n) is 15.2. The number of amides is 1. The Labute approximate surface area is 175 Å². The van der Waals surface area contributed by atoms with Gasteiger partial charge < -0.3 is 25.5 Å². The molecule has 1 saturated heterocycles. The molecule has 2 aliphatic heterocycles. The zero-order valence-corrected chi connectivity index (χ0v) is 16.8. The molecular formula is C18H17BBrN5O4. The summed E-state index contributed by atoms with van der Waals surface area (Å²) in [5.74, 6) is 1.45. The van der Waals surface area contributed by atoms with Crippen LogP contribution in [0, 0.1) is 17.2 Å². The fourth-order valence-corrected chi connectivity index (χ4v) is 3.92. The number of anilines is 2. The lowest BCUT2D eigenvalue weighted by molar-refractivity contribution is 0.0342. The topological polar surface area (TPSA) is 135 Å². The van der Waals surface area contributed by atoms with Gasteiger partial charge in [-0.1, -0.05) is 15.9 Å². The van der Waals surface area contributed by atoms with Crippen molar-refractivity contribution in [3.63, 3.8) is 0 Å². The Hall–Kier alpha value is -2.81. The molecule has 1 aromatic carbocycles. The number of nitrogens with two attached hydrogens (primary N) is 1. The summed E-state index contributed by atoms with van der Waals surface area (Å²) in [6, 6.07) is 7.23. The quantitative estimate of drug-likeness (QED) is 0.597. The first kappa shape index (κ1) is 19.5. The van der Waals surface area contributed by atoms with E-state index in [2.05, 4.69) is 32.4 Å². The van der Waals surface area contributed by atoms with E-state index in [0.717, 1.165) is 5.56 Å². The first-order valence-corrected chi connectivity index (χ1v) is 9.75. The van der Waals surface area contributed by atoms with Gasteiger partial charge in [-0.3, -0.25) is 9.48 Å². The highest BCUT2D eigenvalue weighted by molar-refractivity contribution is 9.15. The van der Waals surface area contributed by atoms with E-state index in [1.54, 1.807) is 29.1 Å². The average molecular weight is 458 g/mol. The van der Waals surface area contributed by atoms with Crippen molar-refractivity contribution in [1.29, 1.82) is 5.26 Å². The van der Waals surface area contributed by atoms with Gasteiger partial charge in [-0.2, -0.15) is 10.4 Å². The molecule has 1 unspecified atom stereocenters. The molecule has 3 heterocycles. The molecule has 2 aromatic rings. The number of primary amides is 1. The Morgan fingerprint density at radius 2 is 2.34 bits per heavy atom. The predicted octanol–water partition coefficient (Wildman–Crippen LogP) is 1.97. The van der Waals surface area contributed by atoms with Crippen LogP contribution in [0.15, 0.2) is 30.4 Å². The predicted molar refractivity (Wildman–Crippen MR) is 110 cm³/mol. The number of benzene rings is 1. The summed E-state index contributed by atoms with van der Waals surface area (Å²) in [4.78, 5) is 11.9. The molecule has 9 nitrogen and oxygen atoms in total. The van der Waals surface area contributed by atoms with Crippen LogP contribution in [-0.2, 0) is 4.74 Å². The molecule has 1 aromatic heterocycles. The van der Waals surface area contributed by atoms with Crippen molar-refractivity contribution >= 4 is 44.9 Å². The van der Waals surface area contributed by atoms with Crippen LogP contribution in [0.3, 0.4) is 0 Å². The third-order valence-electron chi connectivity index (χ3n) is 4.87. The standard InChI is InChI=1S/C18H17BBrN5O4/c20-14-6-19(27)29-16-2-1-11(5-12(14)16)23-18-13(17(22)26)8-25(24-18)15-9-28-4-3-10(15)7-21/h1-2,5-6,8,10,15,27H,3-4,9H2,(H2,22,26)(H,23,24)/t10-,15?/m0/s1.